The average molecular weight is 412 g/mol. The molecule has 0 aliphatic rings. The molecule has 0 heterocycles. The number of hydrogen-bond acceptors (Lipinski definition) is 3. The molecule has 2 aromatic carbocycles. The predicted octanol–water partition coefficient (Wildman–Crippen LogP) is 5.01. The van der Waals surface area contributed by atoms with E-state index in [4.69, 9.17) is 23.2 Å². The standard InChI is InChI=1S/C16H9BrCl2N2O2/c17-11-1-4-15(22)9(6-11)5-10(8-20)16(23)21-12-2-3-13(18)14(19)7-12/h1-7,22H,(H,21,23)/b10-5-. The summed E-state index contributed by atoms with van der Waals surface area (Å²) in [6.45, 7) is 0. The molecule has 116 valence electrons. The summed E-state index contributed by atoms with van der Waals surface area (Å²) >= 11 is 14.9. The first kappa shape index (κ1) is 17.4. The zero-order valence-electron chi connectivity index (χ0n) is 11.5. The number of nitrogens with zero attached hydrogens (tertiary/aromatic N) is 1. The number of carbonyl (C=O) groups is 1. The molecule has 4 nitrogen and oxygen atoms in total. The lowest BCUT2D eigenvalue weighted by Crippen LogP contribution is -2.13. The second-order valence-corrected chi connectivity index (χ2v) is 6.19. The number of aromatic hydroxyl groups is 1. The number of phenols is 1. The van der Waals surface area contributed by atoms with Crippen molar-refractivity contribution in [3.8, 4) is 11.8 Å². The molecule has 23 heavy (non-hydrogen) atoms. The number of hydrogen-bond donors (Lipinski definition) is 2. The minimum atomic E-state index is -0.620. The molecule has 0 saturated heterocycles. The third-order valence-electron chi connectivity index (χ3n) is 2.83. The lowest BCUT2D eigenvalue weighted by molar-refractivity contribution is -0.112. The van der Waals surface area contributed by atoms with Crippen LogP contribution in [0.25, 0.3) is 6.08 Å². The molecule has 0 unspecified atom stereocenters. The minimum absolute atomic E-state index is 0.0386. The van der Waals surface area contributed by atoms with Crippen LogP contribution in [0, 0.1) is 11.3 Å². The maximum Gasteiger partial charge on any atom is 0.266 e. The molecule has 7 heteroatoms. The molecule has 0 bridgehead atoms. The summed E-state index contributed by atoms with van der Waals surface area (Å²) in [5.41, 5.74) is 0.591. The van der Waals surface area contributed by atoms with Crippen LogP contribution < -0.4 is 5.32 Å². The van der Waals surface area contributed by atoms with Crippen LogP contribution in [0.4, 0.5) is 5.69 Å². The highest BCUT2D eigenvalue weighted by Gasteiger charge is 2.12. The van der Waals surface area contributed by atoms with Crippen LogP contribution in [0.1, 0.15) is 5.56 Å². The molecule has 0 fully saturated rings. The molecule has 0 aliphatic carbocycles. The molecule has 0 atom stereocenters. The highest BCUT2D eigenvalue weighted by Crippen LogP contribution is 2.26. The van der Waals surface area contributed by atoms with E-state index in [0.29, 0.717) is 20.7 Å². The molecule has 0 aromatic heterocycles. The number of carbonyl (C=O) groups excluding carboxylic acids is 1. The first-order chi connectivity index (χ1) is 10.9. The first-order valence-electron chi connectivity index (χ1n) is 6.27. The quantitative estimate of drug-likeness (QED) is 0.550. The lowest BCUT2D eigenvalue weighted by atomic mass is 10.1. The van der Waals surface area contributed by atoms with Gasteiger partial charge in [-0.05, 0) is 42.5 Å². The van der Waals surface area contributed by atoms with E-state index in [0.717, 1.165) is 0 Å². The van der Waals surface area contributed by atoms with Crippen molar-refractivity contribution in [3.05, 3.63) is 62.1 Å². The predicted molar refractivity (Wildman–Crippen MR) is 94.5 cm³/mol. The van der Waals surface area contributed by atoms with Crippen molar-refractivity contribution in [2.24, 2.45) is 0 Å². The Balaban J connectivity index is 2.28. The first-order valence-corrected chi connectivity index (χ1v) is 7.82. The van der Waals surface area contributed by atoms with E-state index in [1.54, 1.807) is 24.3 Å². The Morgan fingerprint density at radius 3 is 2.61 bits per heavy atom. The highest BCUT2D eigenvalue weighted by atomic mass is 79.9. The van der Waals surface area contributed by atoms with Crippen LogP contribution in [-0.4, -0.2) is 11.0 Å². The van der Waals surface area contributed by atoms with Gasteiger partial charge >= 0.3 is 0 Å². The van der Waals surface area contributed by atoms with Crippen LogP contribution in [-0.2, 0) is 4.79 Å². The Hall–Kier alpha value is -2.00. The van der Waals surface area contributed by atoms with Gasteiger partial charge in [-0.3, -0.25) is 4.79 Å². The summed E-state index contributed by atoms with van der Waals surface area (Å²) in [5.74, 6) is -0.659. The number of nitrogens with one attached hydrogen (secondary N) is 1. The van der Waals surface area contributed by atoms with Crippen LogP contribution in [0.2, 0.25) is 10.0 Å². The normalized spacial score (nSPS) is 11.0. The molecule has 0 aliphatic heterocycles. The Bertz CT molecular complexity index is 844. The summed E-state index contributed by atoms with van der Waals surface area (Å²) in [6.07, 6.45) is 1.30. The van der Waals surface area contributed by atoms with Crippen LogP contribution >= 0.6 is 39.1 Å². The Labute approximate surface area is 151 Å². The van der Waals surface area contributed by atoms with Crippen molar-refractivity contribution in [3.63, 3.8) is 0 Å². The Kier molecular flexibility index (Phi) is 5.67. The van der Waals surface area contributed by atoms with Gasteiger partial charge in [0.25, 0.3) is 5.91 Å². The molecule has 0 saturated carbocycles. The van der Waals surface area contributed by atoms with Crippen molar-refractivity contribution >= 4 is 56.8 Å². The van der Waals surface area contributed by atoms with Crippen molar-refractivity contribution in [2.75, 3.05) is 5.32 Å². The molecule has 2 aromatic rings. The lowest BCUT2D eigenvalue weighted by Gasteiger charge is -2.06. The van der Waals surface area contributed by atoms with E-state index in [1.807, 2.05) is 0 Å². The number of phenolic OH excluding ortho intramolecular Hbond substituents is 1. The second kappa shape index (κ2) is 7.51. The van der Waals surface area contributed by atoms with E-state index in [1.165, 1.54) is 24.3 Å². The summed E-state index contributed by atoms with van der Waals surface area (Å²) in [6, 6.07) is 11.1. The van der Waals surface area contributed by atoms with Gasteiger partial charge in [-0.25, -0.2) is 0 Å². The van der Waals surface area contributed by atoms with Gasteiger partial charge in [0.2, 0.25) is 0 Å². The SMILES string of the molecule is N#C/C(=C/c1cc(Br)ccc1O)C(=O)Nc1ccc(Cl)c(Cl)c1. The number of rotatable bonds is 3. The highest BCUT2D eigenvalue weighted by molar-refractivity contribution is 9.10. The number of amides is 1. The largest absolute Gasteiger partial charge is 0.507 e. The van der Waals surface area contributed by atoms with Gasteiger partial charge in [0.05, 0.1) is 10.0 Å². The van der Waals surface area contributed by atoms with Crippen LogP contribution in [0.3, 0.4) is 0 Å². The van der Waals surface area contributed by atoms with Gasteiger partial charge < -0.3 is 10.4 Å². The van der Waals surface area contributed by atoms with Gasteiger partial charge in [-0.2, -0.15) is 5.26 Å². The van der Waals surface area contributed by atoms with Crippen molar-refractivity contribution in [2.45, 2.75) is 0 Å². The maximum absolute atomic E-state index is 12.2. The zero-order valence-corrected chi connectivity index (χ0v) is 14.6. The Morgan fingerprint density at radius 1 is 1.22 bits per heavy atom. The van der Waals surface area contributed by atoms with E-state index in [9.17, 15) is 15.2 Å². The fourth-order valence-corrected chi connectivity index (χ4v) is 2.39. The summed E-state index contributed by atoms with van der Waals surface area (Å²) in [4.78, 5) is 12.2. The number of benzene rings is 2. The average Bonchev–Trinajstić information content (AvgIpc) is 2.51. The number of nitriles is 1. The maximum atomic E-state index is 12.2. The summed E-state index contributed by atoms with van der Waals surface area (Å²) < 4.78 is 0.712. The van der Waals surface area contributed by atoms with Crippen molar-refractivity contribution in [1.29, 1.82) is 5.26 Å². The molecular weight excluding hydrogens is 403 g/mol. The third-order valence-corrected chi connectivity index (χ3v) is 4.06. The van der Waals surface area contributed by atoms with E-state index in [-0.39, 0.29) is 16.3 Å². The van der Waals surface area contributed by atoms with Gasteiger partial charge in [0.15, 0.2) is 0 Å². The molecule has 2 rings (SSSR count). The number of anilines is 1. The van der Waals surface area contributed by atoms with E-state index in [2.05, 4.69) is 21.2 Å². The van der Waals surface area contributed by atoms with E-state index < -0.39 is 5.91 Å². The molecule has 1 amide bonds. The smallest absolute Gasteiger partial charge is 0.266 e. The van der Waals surface area contributed by atoms with Crippen LogP contribution in [0.15, 0.2) is 46.4 Å². The molecular formula is C16H9BrCl2N2O2. The summed E-state index contributed by atoms with van der Waals surface area (Å²) in [5, 5.41) is 22.2. The second-order valence-electron chi connectivity index (χ2n) is 4.46. The van der Waals surface area contributed by atoms with Crippen molar-refractivity contribution < 1.29 is 9.90 Å². The minimum Gasteiger partial charge on any atom is -0.507 e. The number of halogens is 3. The fourth-order valence-electron chi connectivity index (χ4n) is 1.72. The zero-order chi connectivity index (χ0) is 17.0. The van der Waals surface area contributed by atoms with Crippen LogP contribution in [0.5, 0.6) is 5.75 Å². The van der Waals surface area contributed by atoms with Gasteiger partial charge in [0.1, 0.15) is 17.4 Å². The molecule has 0 radical (unpaired) electrons. The monoisotopic (exact) mass is 410 g/mol. The van der Waals surface area contributed by atoms with Gasteiger partial charge in [-0.1, -0.05) is 39.1 Å². The van der Waals surface area contributed by atoms with Crippen molar-refractivity contribution in [1.82, 2.24) is 0 Å². The fraction of sp³-hybridized carbons (Fsp3) is 0. The molecule has 0 spiro atoms. The Morgan fingerprint density at radius 2 is 1.96 bits per heavy atom. The topological polar surface area (TPSA) is 73.1 Å². The van der Waals surface area contributed by atoms with Gasteiger partial charge in [0, 0.05) is 15.7 Å². The summed E-state index contributed by atoms with van der Waals surface area (Å²) in [7, 11) is 0. The van der Waals surface area contributed by atoms with Gasteiger partial charge in [-0.15, -0.1) is 0 Å². The third kappa shape index (κ3) is 4.49. The molecule has 2 N–H and O–H groups in total. The van der Waals surface area contributed by atoms with E-state index >= 15 is 0 Å².